The second kappa shape index (κ2) is 6.96. The molecule has 18 heavy (non-hydrogen) atoms. The van der Waals surface area contributed by atoms with Crippen LogP contribution in [-0.2, 0) is 4.79 Å². The molecular formula is C16H31NO. The zero-order valence-corrected chi connectivity index (χ0v) is 13.3. The Hall–Kier alpha value is -0.790. The Morgan fingerprint density at radius 1 is 0.944 bits per heavy atom. The maximum absolute atomic E-state index is 12.5. The van der Waals surface area contributed by atoms with E-state index in [1.807, 2.05) is 13.1 Å². The van der Waals surface area contributed by atoms with Crippen LogP contribution in [0.4, 0.5) is 0 Å². The minimum Gasteiger partial charge on any atom is -0.391 e. The summed E-state index contributed by atoms with van der Waals surface area (Å²) in [6.45, 7) is 12.8. The van der Waals surface area contributed by atoms with Crippen LogP contribution in [-0.4, -0.2) is 12.8 Å². The summed E-state index contributed by atoms with van der Waals surface area (Å²) in [6.07, 6.45) is 5.71. The summed E-state index contributed by atoms with van der Waals surface area (Å²) in [5, 5.41) is 3.24. The number of nitrogens with one attached hydrogen (secondary N) is 1. The van der Waals surface area contributed by atoms with Gasteiger partial charge in [-0.3, -0.25) is 4.79 Å². The van der Waals surface area contributed by atoms with E-state index in [0.29, 0.717) is 0 Å². The molecule has 2 heteroatoms. The molecule has 0 unspecified atom stereocenters. The van der Waals surface area contributed by atoms with Gasteiger partial charge in [-0.25, -0.2) is 0 Å². The van der Waals surface area contributed by atoms with E-state index in [9.17, 15) is 4.79 Å². The number of carbonyl (C=O) groups excluding carboxylic acids is 1. The fourth-order valence-corrected chi connectivity index (χ4v) is 2.08. The first-order valence-corrected chi connectivity index (χ1v) is 7.27. The van der Waals surface area contributed by atoms with Crippen LogP contribution in [0.2, 0.25) is 0 Å². The van der Waals surface area contributed by atoms with E-state index < -0.39 is 0 Å². The molecule has 0 amide bonds. The smallest absolute Gasteiger partial charge is 0.163 e. The van der Waals surface area contributed by atoms with Gasteiger partial charge in [0.25, 0.3) is 0 Å². The van der Waals surface area contributed by atoms with Crippen molar-refractivity contribution in [2.45, 2.75) is 67.2 Å². The van der Waals surface area contributed by atoms with Crippen molar-refractivity contribution in [2.24, 2.45) is 10.8 Å². The first-order valence-electron chi connectivity index (χ1n) is 7.27. The van der Waals surface area contributed by atoms with Crippen LogP contribution in [0.5, 0.6) is 0 Å². The molecule has 1 N–H and O–H groups in total. The molecular weight excluding hydrogens is 222 g/mol. The lowest BCUT2D eigenvalue weighted by atomic mass is 9.76. The van der Waals surface area contributed by atoms with Crippen LogP contribution < -0.4 is 5.32 Å². The van der Waals surface area contributed by atoms with E-state index >= 15 is 0 Å². The Kier molecular flexibility index (Phi) is 6.66. The molecule has 0 aromatic heterocycles. The average Bonchev–Trinajstić information content (AvgIpc) is 2.42. The number of hydrogen-bond donors (Lipinski definition) is 1. The van der Waals surface area contributed by atoms with E-state index in [-0.39, 0.29) is 16.6 Å². The van der Waals surface area contributed by atoms with Gasteiger partial charge in [0.05, 0.1) is 0 Å². The molecule has 106 valence electrons. The molecule has 0 heterocycles. The number of allylic oxidation sites excluding steroid dienone is 2. The van der Waals surface area contributed by atoms with Gasteiger partial charge in [-0.1, -0.05) is 41.5 Å². The molecule has 2 nitrogen and oxygen atoms in total. The highest BCUT2D eigenvalue weighted by atomic mass is 16.1. The first kappa shape index (κ1) is 17.2. The van der Waals surface area contributed by atoms with Gasteiger partial charge in [-0.15, -0.1) is 0 Å². The van der Waals surface area contributed by atoms with Crippen molar-refractivity contribution in [1.29, 1.82) is 0 Å². The standard InChI is InChI=1S/C16H31NO/c1-8-15(5,9-2)13(17-7)12-14(18)16(6,10-3)11-4/h12,17H,8-11H2,1-7H3/b13-12-. The Bertz CT molecular complexity index is 296. The average molecular weight is 253 g/mol. The maximum Gasteiger partial charge on any atom is 0.163 e. The van der Waals surface area contributed by atoms with Crippen LogP contribution in [0, 0.1) is 10.8 Å². The third kappa shape index (κ3) is 3.60. The number of ketones is 1. The summed E-state index contributed by atoms with van der Waals surface area (Å²) in [7, 11) is 1.91. The third-order valence-corrected chi connectivity index (χ3v) is 4.91. The van der Waals surface area contributed by atoms with E-state index in [4.69, 9.17) is 0 Å². The molecule has 0 spiro atoms. The molecule has 0 radical (unpaired) electrons. The van der Waals surface area contributed by atoms with Crippen molar-refractivity contribution in [3.8, 4) is 0 Å². The molecule has 0 aliphatic carbocycles. The van der Waals surface area contributed by atoms with Gasteiger partial charge in [0.15, 0.2) is 5.78 Å². The lowest BCUT2D eigenvalue weighted by molar-refractivity contribution is -0.123. The molecule has 0 saturated heterocycles. The van der Waals surface area contributed by atoms with Gasteiger partial charge in [0.2, 0.25) is 0 Å². The highest BCUT2D eigenvalue weighted by Gasteiger charge is 2.31. The highest BCUT2D eigenvalue weighted by Crippen LogP contribution is 2.34. The van der Waals surface area contributed by atoms with Gasteiger partial charge in [0.1, 0.15) is 0 Å². The predicted molar refractivity (Wildman–Crippen MR) is 79.5 cm³/mol. The van der Waals surface area contributed by atoms with Crippen LogP contribution >= 0.6 is 0 Å². The van der Waals surface area contributed by atoms with Gasteiger partial charge >= 0.3 is 0 Å². The molecule has 0 aromatic rings. The van der Waals surface area contributed by atoms with E-state index in [1.165, 1.54) is 0 Å². The van der Waals surface area contributed by atoms with Crippen LogP contribution in [0.1, 0.15) is 67.2 Å². The molecule has 0 fully saturated rings. The fourth-order valence-electron chi connectivity index (χ4n) is 2.08. The van der Waals surface area contributed by atoms with E-state index in [0.717, 1.165) is 31.4 Å². The minimum atomic E-state index is -0.218. The lowest BCUT2D eigenvalue weighted by Gasteiger charge is -2.31. The minimum absolute atomic E-state index is 0.0762. The summed E-state index contributed by atoms with van der Waals surface area (Å²) < 4.78 is 0. The van der Waals surface area contributed by atoms with E-state index in [1.54, 1.807) is 0 Å². The lowest BCUT2D eigenvalue weighted by Crippen LogP contribution is -2.30. The normalized spacial score (nSPS) is 13.6. The van der Waals surface area contributed by atoms with Crippen molar-refractivity contribution in [1.82, 2.24) is 5.32 Å². The van der Waals surface area contributed by atoms with Crippen molar-refractivity contribution < 1.29 is 4.79 Å². The van der Waals surface area contributed by atoms with Crippen molar-refractivity contribution >= 4 is 5.78 Å². The molecule has 0 aromatic carbocycles. The topological polar surface area (TPSA) is 29.1 Å². The van der Waals surface area contributed by atoms with Crippen molar-refractivity contribution in [3.63, 3.8) is 0 Å². The number of carbonyl (C=O) groups is 1. The zero-order valence-electron chi connectivity index (χ0n) is 13.3. The van der Waals surface area contributed by atoms with Crippen LogP contribution in [0.3, 0.4) is 0 Å². The van der Waals surface area contributed by atoms with Crippen LogP contribution in [0.15, 0.2) is 11.8 Å². The van der Waals surface area contributed by atoms with Gasteiger partial charge in [-0.05, 0) is 25.7 Å². The summed E-state index contributed by atoms with van der Waals surface area (Å²) >= 11 is 0. The van der Waals surface area contributed by atoms with Crippen molar-refractivity contribution in [3.05, 3.63) is 11.8 Å². The van der Waals surface area contributed by atoms with Gasteiger partial charge in [-0.2, -0.15) is 0 Å². The summed E-state index contributed by atoms with van der Waals surface area (Å²) in [6, 6.07) is 0. The quantitative estimate of drug-likeness (QED) is 0.653. The predicted octanol–water partition coefficient (Wildman–Crippen LogP) is 4.31. The number of hydrogen-bond acceptors (Lipinski definition) is 2. The zero-order chi connectivity index (χ0) is 14.4. The Balaban J connectivity index is 5.31. The monoisotopic (exact) mass is 253 g/mol. The summed E-state index contributed by atoms with van der Waals surface area (Å²) in [5.41, 5.74) is 0.933. The van der Waals surface area contributed by atoms with Gasteiger partial charge in [0, 0.05) is 29.7 Å². The highest BCUT2D eigenvalue weighted by molar-refractivity contribution is 5.95. The second-order valence-electron chi connectivity index (χ2n) is 5.71. The largest absolute Gasteiger partial charge is 0.391 e. The summed E-state index contributed by atoms with van der Waals surface area (Å²) in [4.78, 5) is 12.5. The molecule has 0 rings (SSSR count). The molecule has 0 saturated carbocycles. The van der Waals surface area contributed by atoms with E-state index in [2.05, 4.69) is 46.9 Å². The molecule has 0 atom stereocenters. The fraction of sp³-hybridized carbons (Fsp3) is 0.812. The van der Waals surface area contributed by atoms with Crippen LogP contribution in [0.25, 0.3) is 0 Å². The maximum atomic E-state index is 12.5. The van der Waals surface area contributed by atoms with Gasteiger partial charge < -0.3 is 5.32 Å². The van der Waals surface area contributed by atoms with Crippen molar-refractivity contribution in [2.75, 3.05) is 7.05 Å². The Morgan fingerprint density at radius 2 is 1.33 bits per heavy atom. The Labute approximate surface area is 113 Å². The first-order chi connectivity index (χ1) is 8.33. The SMILES string of the molecule is CCC(C)(CC)C(=O)/C=C(\NC)C(C)(CC)CC. The number of rotatable bonds is 8. The second-order valence-corrected chi connectivity index (χ2v) is 5.71. The molecule has 0 aliphatic heterocycles. The Morgan fingerprint density at radius 3 is 1.61 bits per heavy atom. The summed E-state index contributed by atoms with van der Waals surface area (Å²) in [5.74, 6) is 0.255. The molecule has 0 aliphatic rings. The molecule has 0 bridgehead atoms. The third-order valence-electron chi connectivity index (χ3n) is 4.91.